The molecule has 3 aromatic rings. The summed E-state index contributed by atoms with van der Waals surface area (Å²) >= 11 is 0. The van der Waals surface area contributed by atoms with E-state index >= 15 is 0 Å². The fraction of sp³-hybridized carbons (Fsp3) is 0.125. The van der Waals surface area contributed by atoms with Crippen molar-refractivity contribution >= 4 is 23.1 Å². The van der Waals surface area contributed by atoms with E-state index in [2.05, 4.69) is 25.3 Å². The number of carbonyl (C=O) groups excluding carboxylic acids is 1. The molecule has 15 heavy (non-hydrogen) atoms. The second-order valence-corrected chi connectivity index (χ2v) is 3.03. The molecule has 0 unspecified atom stereocenters. The number of nitrogens with zero attached hydrogens (tertiary/aromatic N) is 5. The van der Waals surface area contributed by atoms with E-state index in [1.165, 1.54) is 6.33 Å². The third-order valence-electron chi connectivity index (χ3n) is 2.16. The summed E-state index contributed by atoms with van der Waals surface area (Å²) in [6, 6.07) is 0. The zero-order chi connectivity index (χ0) is 10.3. The van der Waals surface area contributed by atoms with E-state index < -0.39 is 0 Å². The molecule has 7 nitrogen and oxygen atoms in total. The van der Waals surface area contributed by atoms with Gasteiger partial charge in [-0.25, -0.2) is 24.7 Å². The minimum atomic E-state index is 0.240. The number of aromatic nitrogens is 6. The largest absolute Gasteiger partial charge is 0.303 e. The van der Waals surface area contributed by atoms with Crippen molar-refractivity contribution in [2.24, 2.45) is 0 Å². The molecule has 0 aliphatic rings. The van der Waals surface area contributed by atoms with Crippen LogP contribution in [0.3, 0.4) is 0 Å². The summed E-state index contributed by atoms with van der Waals surface area (Å²) in [5, 5.41) is 6.75. The lowest BCUT2D eigenvalue weighted by molar-refractivity contribution is -0.107. The first kappa shape index (κ1) is 8.04. The Bertz CT molecular complexity index is 639. The van der Waals surface area contributed by atoms with E-state index in [0.29, 0.717) is 17.0 Å². The fourth-order valence-corrected chi connectivity index (χ4v) is 1.50. The predicted molar refractivity (Wildman–Crippen MR) is 50.2 cm³/mol. The molecule has 1 N–H and O–H groups in total. The van der Waals surface area contributed by atoms with Gasteiger partial charge in [0.05, 0.1) is 12.6 Å². The van der Waals surface area contributed by atoms with Crippen molar-refractivity contribution in [3.8, 4) is 0 Å². The van der Waals surface area contributed by atoms with Crippen LogP contribution in [-0.2, 0) is 11.2 Å². The van der Waals surface area contributed by atoms with Crippen LogP contribution in [0.25, 0.3) is 16.8 Å². The lowest BCUT2D eigenvalue weighted by Gasteiger charge is -1.84. The van der Waals surface area contributed by atoms with Gasteiger partial charge in [-0.1, -0.05) is 0 Å². The van der Waals surface area contributed by atoms with Crippen LogP contribution in [0.15, 0.2) is 12.5 Å². The number of hydrogen-bond acceptors (Lipinski definition) is 5. The number of aldehydes is 1. The molecule has 0 amide bonds. The van der Waals surface area contributed by atoms with Crippen molar-refractivity contribution in [1.29, 1.82) is 0 Å². The summed E-state index contributed by atoms with van der Waals surface area (Å²) < 4.78 is 1.66. The molecule has 0 bridgehead atoms. The number of H-pyrrole nitrogens is 1. The van der Waals surface area contributed by atoms with Gasteiger partial charge in [0.1, 0.15) is 23.8 Å². The van der Waals surface area contributed by atoms with Crippen LogP contribution in [0.2, 0.25) is 0 Å². The van der Waals surface area contributed by atoms with Crippen LogP contribution in [0.1, 0.15) is 5.69 Å². The van der Waals surface area contributed by atoms with Gasteiger partial charge in [-0.3, -0.25) is 0 Å². The molecule has 74 valence electrons. The zero-order valence-corrected chi connectivity index (χ0v) is 7.58. The number of imidazole rings is 1. The maximum atomic E-state index is 10.4. The number of hydrogen-bond donors (Lipinski definition) is 1. The molecule has 0 aliphatic heterocycles. The maximum Gasteiger partial charge on any atom is 0.183 e. The van der Waals surface area contributed by atoms with Crippen molar-refractivity contribution in [2.75, 3.05) is 0 Å². The molecular weight excluding hydrogens is 196 g/mol. The molecule has 0 spiro atoms. The van der Waals surface area contributed by atoms with Gasteiger partial charge in [0.15, 0.2) is 11.3 Å². The summed E-state index contributed by atoms with van der Waals surface area (Å²) in [6.07, 6.45) is 4.11. The van der Waals surface area contributed by atoms with Crippen LogP contribution in [-0.4, -0.2) is 36.1 Å². The molecular formula is C8H6N6O. The van der Waals surface area contributed by atoms with Crippen LogP contribution in [0.5, 0.6) is 0 Å². The summed E-state index contributed by atoms with van der Waals surface area (Å²) in [5.74, 6) is 0. The number of aromatic amines is 1. The Balaban J connectivity index is 2.39. The third-order valence-corrected chi connectivity index (χ3v) is 2.16. The third kappa shape index (κ3) is 1.03. The maximum absolute atomic E-state index is 10.4. The molecule has 0 saturated carbocycles. The molecule has 0 aliphatic carbocycles. The molecule has 0 fully saturated rings. The fourth-order valence-electron chi connectivity index (χ4n) is 1.50. The van der Waals surface area contributed by atoms with Crippen LogP contribution in [0.4, 0.5) is 0 Å². The highest BCUT2D eigenvalue weighted by atomic mass is 16.1. The Hall–Kier alpha value is -2.31. The first-order chi connectivity index (χ1) is 7.40. The first-order valence-corrected chi connectivity index (χ1v) is 4.35. The minimum Gasteiger partial charge on any atom is -0.303 e. The van der Waals surface area contributed by atoms with Crippen LogP contribution in [0, 0.1) is 0 Å². The van der Waals surface area contributed by atoms with Gasteiger partial charge in [-0.05, 0) is 0 Å². The van der Waals surface area contributed by atoms with E-state index in [0.717, 1.165) is 11.8 Å². The summed E-state index contributed by atoms with van der Waals surface area (Å²) in [6.45, 7) is 0. The number of nitrogens with one attached hydrogen (secondary N) is 1. The summed E-state index contributed by atoms with van der Waals surface area (Å²) in [4.78, 5) is 22.6. The van der Waals surface area contributed by atoms with Gasteiger partial charge in [-0.2, -0.15) is 5.10 Å². The normalized spacial score (nSPS) is 11.2. The minimum absolute atomic E-state index is 0.240. The molecule has 0 saturated heterocycles. The van der Waals surface area contributed by atoms with Crippen molar-refractivity contribution in [2.45, 2.75) is 6.42 Å². The van der Waals surface area contributed by atoms with Gasteiger partial charge >= 0.3 is 0 Å². The molecule has 0 aromatic carbocycles. The van der Waals surface area contributed by atoms with Crippen molar-refractivity contribution in [1.82, 2.24) is 29.8 Å². The first-order valence-electron chi connectivity index (χ1n) is 4.35. The van der Waals surface area contributed by atoms with Gasteiger partial charge in [0.2, 0.25) is 0 Å². The van der Waals surface area contributed by atoms with Gasteiger partial charge < -0.3 is 4.79 Å². The summed E-state index contributed by atoms with van der Waals surface area (Å²) in [7, 11) is 0. The smallest absolute Gasteiger partial charge is 0.183 e. The van der Waals surface area contributed by atoms with E-state index in [4.69, 9.17) is 0 Å². The van der Waals surface area contributed by atoms with Crippen LogP contribution < -0.4 is 0 Å². The van der Waals surface area contributed by atoms with Crippen molar-refractivity contribution in [3.05, 3.63) is 18.2 Å². The van der Waals surface area contributed by atoms with Crippen molar-refractivity contribution in [3.63, 3.8) is 0 Å². The molecule has 0 atom stereocenters. The van der Waals surface area contributed by atoms with Gasteiger partial charge in [0, 0.05) is 0 Å². The Morgan fingerprint density at radius 1 is 1.53 bits per heavy atom. The molecule has 7 heteroatoms. The van der Waals surface area contributed by atoms with E-state index in [1.807, 2.05) is 0 Å². The van der Waals surface area contributed by atoms with E-state index in [-0.39, 0.29) is 6.42 Å². The van der Waals surface area contributed by atoms with E-state index in [9.17, 15) is 4.79 Å². The molecule has 3 rings (SSSR count). The average Bonchev–Trinajstić information content (AvgIpc) is 2.79. The monoisotopic (exact) mass is 202 g/mol. The van der Waals surface area contributed by atoms with Crippen LogP contribution >= 0.6 is 0 Å². The second kappa shape index (κ2) is 2.84. The Labute approximate surface area is 83.1 Å². The topological polar surface area (TPSA) is 88.8 Å². The molecule has 3 aromatic heterocycles. The SMILES string of the molecule is O=CCc1n[nH]n2c1nc1ncncc12. The lowest BCUT2D eigenvalue weighted by atomic mass is 10.3. The quantitative estimate of drug-likeness (QED) is 0.578. The number of rotatable bonds is 2. The predicted octanol–water partition coefficient (Wildman–Crippen LogP) is -0.258. The molecule has 3 heterocycles. The standard InChI is InChI=1S/C8H6N6O/c15-2-1-5-8-11-7-6(3-9-4-10-7)14(8)13-12-5/h2-4,13H,1H2. The number of fused-ring (bicyclic) bond motifs is 3. The average molecular weight is 202 g/mol. The summed E-state index contributed by atoms with van der Waals surface area (Å²) in [5.41, 5.74) is 2.57. The van der Waals surface area contributed by atoms with E-state index in [1.54, 1.807) is 10.7 Å². The lowest BCUT2D eigenvalue weighted by Crippen LogP contribution is -1.87. The van der Waals surface area contributed by atoms with Gasteiger partial charge in [0.25, 0.3) is 0 Å². The second-order valence-electron chi connectivity index (χ2n) is 3.03. The van der Waals surface area contributed by atoms with Gasteiger partial charge in [-0.15, -0.1) is 0 Å². The Kier molecular flexibility index (Phi) is 1.52. The highest BCUT2D eigenvalue weighted by molar-refractivity contribution is 5.76. The van der Waals surface area contributed by atoms with Crippen molar-refractivity contribution < 1.29 is 4.79 Å². The Morgan fingerprint density at radius 2 is 2.47 bits per heavy atom. The molecule has 0 radical (unpaired) electrons. The highest BCUT2D eigenvalue weighted by Crippen LogP contribution is 2.13. The Morgan fingerprint density at radius 3 is 3.33 bits per heavy atom. The number of carbonyl (C=O) groups is 1. The zero-order valence-electron chi connectivity index (χ0n) is 7.58. The highest BCUT2D eigenvalue weighted by Gasteiger charge is 2.11.